The van der Waals surface area contributed by atoms with Gasteiger partial charge in [0.05, 0.1) is 21.5 Å². The highest BCUT2D eigenvalue weighted by molar-refractivity contribution is 6.42. The van der Waals surface area contributed by atoms with Crippen LogP contribution < -0.4 is 10.1 Å². The van der Waals surface area contributed by atoms with Gasteiger partial charge in [0, 0.05) is 18.3 Å². The first-order valence-corrected chi connectivity index (χ1v) is 10.9. The number of hydrogen-bond acceptors (Lipinski definition) is 6. The topological polar surface area (TPSA) is 112 Å². The van der Waals surface area contributed by atoms with Crippen LogP contribution in [0.2, 0.25) is 15.1 Å². The zero-order chi connectivity index (χ0) is 24.2. The van der Waals surface area contributed by atoms with Gasteiger partial charge in [-0.25, -0.2) is 0 Å². The maximum absolute atomic E-state index is 12.6. The molecule has 0 aliphatic rings. The van der Waals surface area contributed by atoms with Gasteiger partial charge in [0.2, 0.25) is 0 Å². The zero-order valence-electron chi connectivity index (χ0n) is 17.2. The van der Waals surface area contributed by atoms with Gasteiger partial charge in [0.25, 0.3) is 11.6 Å². The number of benzene rings is 2. The fourth-order valence-corrected chi connectivity index (χ4v) is 3.47. The van der Waals surface area contributed by atoms with Crippen molar-refractivity contribution in [1.29, 1.82) is 0 Å². The Labute approximate surface area is 207 Å². The Morgan fingerprint density at radius 2 is 1.82 bits per heavy atom. The van der Waals surface area contributed by atoms with E-state index in [1.54, 1.807) is 29.1 Å². The van der Waals surface area contributed by atoms with E-state index in [-0.39, 0.29) is 28.9 Å². The fraction of sp³-hybridized carbons (Fsp3) is 0.0909. The van der Waals surface area contributed by atoms with Gasteiger partial charge in [-0.05, 0) is 42.0 Å². The molecule has 0 aliphatic heterocycles. The third-order valence-corrected chi connectivity index (χ3v) is 5.61. The van der Waals surface area contributed by atoms with Crippen LogP contribution in [0.3, 0.4) is 0 Å². The molecule has 0 radical (unpaired) electrons. The van der Waals surface area contributed by atoms with Crippen molar-refractivity contribution in [2.75, 3.05) is 5.32 Å². The second-order valence-corrected chi connectivity index (χ2v) is 8.25. The minimum Gasteiger partial charge on any atom is -0.486 e. The van der Waals surface area contributed by atoms with Crippen LogP contribution in [0.15, 0.2) is 65.2 Å². The highest BCUT2D eigenvalue weighted by Gasteiger charge is 2.16. The molecule has 0 unspecified atom stereocenters. The average molecular weight is 522 g/mol. The van der Waals surface area contributed by atoms with E-state index in [9.17, 15) is 14.9 Å². The molecule has 0 saturated heterocycles. The number of furan rings is 1. The largest absolute Gasteiger partial charge is 0.486 e. The molecular formula is C22H15Cl3N4O5. The molecular weight excluding hydrogens is 507 g/mol. The lowest BCUT2D eigenvalue weighted by atomic mass is 10.2. The number of ether oxygens (including phenoxy) is 1. The van der Waals surface area contributed by atoms with Crippen molar-refractivity contribution in [2.45, 2.75) is 13.2 Å². The highest BCUT2D eigenvalue weighted by atomic mass is 35.5. The van der Waals surface area contributed by atoms with E-state index in [4.69, 9.17) is 44.0 Å². The molecule has 12 heteroatoms. The predicted octanol–water partition coefficient (Wildman–Crippen LogP) is 6.22. The van der Waals surface area contributed by atoms with Crippen molar-refractivity contribution in [3.8, 4) is 5.75 Å². The molecule has 9 nitrogen and oxygen atoms in total. The Kier molecular flexibility index (Phi) is 7.06. The molecule has 0 fully saturated rings. The zero-order valence-corrected chi connectivity index (χ0v) is 19.5. The van der Waals surface area contributed by atoms with Crippen molar-refractivity contribution >= 4 is 52.2 Å². The average Bonchev–Trinajstić information content (AvgIpc) is 3.42. The molecule has 2 aromatic carbocycles. The van der Waals surface area contributed by atoms with Gasteiger partial charge < -0.3 is 14.5 Å². The molecule has 2 heterocycles. The van der Waals surface area contributed by atoms with E-state index in [0.717, 1.165) is 5.56 Å². The fourth-order valence-electron chi connectivity index (χ4n) is 2.95. The van der Waals surface area contributed by atoms with Gasteiger partial charge >= 0.3 is 0 Å². The Hall–Kier alpha value is -3.53. The number of non-ortho nitro benzene ring substituents is 1. The van der Waals surface area contributed by atoms with Crippen LogP contribution >= 0.6 is 34.8 Å². The quantitative estimate of drug-likeness (QED) is 0.217. The van der Waals surface area contributed by atoms with Gasteiger partial charge in [-0.3, -0.25) is 19.6 Å². The second kappa shape index (κ2) is 10.2. The minimum absolute atomic E-state index is 0.0319. The third kappa shape index (κ3) is 5.69. The second-order valence-electron chi connectivity index (χ2n) is 7.03. The van der Waals surface area contributed by atoms with E-state index < -0.39 is 10.8 Å². The van der Waals surface area contributed by atoms with Crippen molar-refractivity contribution in [2.24, 2.45) is 0 Å². The molecule has 34 heavy (non-hydrogen) atoms. The summed E-state index contributed by atoms with van der Waals surface area (Å²) in [6, 6.07) is 13.9. The first-order valence-electron chi connectivity index (χ1n) is 9.72. The lowest BCUT2D eigenvalue weighted by Gasteiger charge is -2.04. The highest BCUT2D eigenvalue weighted by Crippen LogP contribution is 2.25. The predicted molar refractivity (Wildman–Crippen MR) is 127 cm³/mol. The Balaban J connectivity index is 1.36. The number of amides is 1. The standard InChI is InChI=1S/C22H15Cl3N4O5/c23-17-7-1-13(9-18(17)24)10-28-11-19(25)21(27-28)26-22(30)20-8-6-16(34-20)12-33-15-4-2-14(3-5-15)29(31)32/h1-9,11H,10,12H2,(H,26,27,30). The number of aromatic nitrogens is 2. The van der Waals surface area contributed by atoms with E-state index in [0.29, 0.717) is 28.1 Å². The molecule has 0 aliphatic carbocycles. The molecule has 1 amide bonds. The first-order chi connectivity index (χ1) is 16.3. The molecule has 174 valence electrons. The van der Waals surface area contributed by atoms with Gasteiger partial charge in [-0.15, -0.1) is 0 Å². The maximum atomic E-state index is 12.6. The summed E-state index contributed by atoms with van der Waals surface area (Å²) in [5.74, 6) is 0.486. The number of nitro benzene ring substituents is 1. The summed E-state index contributed by atoms with van der Waals surface area (Å²) in [5.41, 5.74) is 0.817. The van der Waals surface area contributed by atoms with Crippen molar-refractivity contribution in [3.05, 3.63) is 103 Å². The number of nitro groups is 1. The summed E-state index contributed by atoms with van der Waals surface area (Å²) in [6.45, 7) is 0.404. The van der Waals surface area contributed by atoms with Gasteiger partial charge in [-0.1, -0.05) is 40.9 Å². The summed E-state index contributed by atoms with van der Waals surface area (Å²) in [4.78, 5) is 22.8. The van der Waals surface area contributed by atoms with Crippen molar-refractivity contribution in [3.63, 3.8) is 0 Å². The van der Waals surface area contributed by atoms with E-state index in [1.807, 2.05) is 6.07 Å². The van der Waals surface area contributed by atoms with E-state index in [2.05, 4.69) is 10.4 Å². The minimum atomic E-state index is -0.539. The van der Waals surface area contributed by atoms with Crippen LogP contribution in [0, 0.1) is 10.1 Å². The number of carbonyl (C=O) groups excluding carboxylic acids is 1. The number of anilines is 1. The molecule has 0 spiro atoms. The van der Waals surface area contributed by atoms with Crippen LogP contribution in [0.4, 0.5) is 11.5 Å². The smallest absolute Gasteiger partial charge is 0.292 e. The molecule has 4 rings (SSSR count). The molecule has 0 saturated carbocycles. The third-order valence-electron chi connectivity index (χ3n) is 4.59. The van der Waals surface area contributed by atoms with Crippen LogP contribution in [-0.4, -0.2) is 20.6 Å². The van der Waals surface area contributed by atoms with Gasteiger partial charge in [0.15, 0.2) is 11.6 Å². The summed E-state index contributed by atoms with van der Waals surface area (Å²) in [7, 11) is 0. The molecule has 0 bridgehead atoms. The van der Waals surface area contributed by atoms with Crippen LogP contribution in [0.25, 0.3) is 0 Å². The molecule has 0 atom stereocenters. The molecule has 4 aromatic rings. The Morgan fingerprint density at radius 1 is 1.06 bits per heavy atom. The SMILES string of the molecule is O=C(Nc1nn(Cc2ccc(Cl)c(Cl)c2)cc1Cl)c1ccc(COc2ccc([N+](=O)[O-])cc2)o1. The first kappa shape index (κ1) is 23.6. The number of nitrogens with one attached hydrogen (secondary N) is 1. The summed E-state index contributed by atoms with van der Waals surface area (Å²) < 4.78 is 12.6. The summed E-state index contributed by atoms with van der Waals surface area (Å²) in [6.07, 6.45) is 1.57. The molecule has 2 aromatic heterocycles. The Bertz CT molecular complexity index is 1350. The lowest BCUT2D eigenvalue weighted by molar-refractivity contribution is -0.384. The van der Waals surface area contributed by atoms with Crippen LogP contribution in [0.1, 0.15) is 21.9 Å². The maximum Gasteiger partial charge on any atom is 0.292 e. The number of nitrogens with zero attached hydrogens (tertiary/aromatic N) is 3. The van der Waals surface area contributed by atoms with Crippen LogP contribution in [-0.2, 0) is 13.2 Å². The van der Waals surface area contributed by atoms with E-state index in [1.165, 1.54) is 30.3 Å². The van der Waals surface area contributed by atoms with Gasteiger partial charge in [0.1, 0.15) is 23.1 Å². The Morgan fingerprint density at radius 3 is 2.53 bits per heavy atom. The van der Waals surface area contributed by atoms with Crippen molar-refractivity contribution in [1.82, 2.24) is 9.78 Å². The summed E-state index contributed by atoms with van der Waals surface area (Å²) >= 11 is 18.2. The summed E-state index contributed by atoms with van der Waals surface area (Å²) in [5, 5.41) is 18.7. The van der Waals surface area contributed by atoms with Crippen molar-refractivity contribution < 1.29 is 18.9 Å². The van der Waals surface area contributed by atoms with Gasteiger partial charge in [-0.2, -0.15) is 5.10 Å². The lowest BCUT2D eigenvalue weighted by Crippen LogP contribution is -2.12. The number of carbonyl (C=O) groups is 1. The monoisotopic (exact) mass is 520 g/mol. The number of hydrogen-bond donors (Lipinski definition) is 1. The number of halogens is 3. The normalized spacial score (nSPS) is 10.8. The van der Waals surface area contributed by atoms with Crippen LogP contribution in [0.5, 0.6) is 5.75 Å². The number of rotatable bonds is 8. The molecule has 1 N–H and O–H groups in total. The van der Waals surface area contributed by atoms with E-state index >= 15 is 0 Å².